The molecule has 3 nitrogen and oxygen atoms in total. The molecule has 1 N–H and O–H groups in total. The molecule has 0 atom stereocenters. The lowest BCUT2D eigenvalue weighted by Crippen LogP contribution is -2.23. The summed E-state index contributed by atoms with van der Waals surface area (Å²) in [6, 6.07) is 2.16. The molecule has 0 aliphatic heterocycles. The number of aromatic nitrogens is 1. The topological polar surface area (TPSA) is 28.2 Å². The molecule has 0 aromatic carbocycles. The Balaban J connectivity index is 2.90. The van der Waals surface area contributed by atoms with Gasteiger partial charge < -0.3 is 10.2 Å². The fourth-order valence-corrected chi connectivity index (χ4v) is 2.26. The second-order valence-electron chi connectivity index (χ2n) is 5.04. The molecular weight excluding hydrogens is 222 g/mol. The maximum Gasteiger partial charge on any atom is 0.133 e. The van der Waals surface area contributed by atoms with Crippen LogP contribution in [-0.2, 0) is 6.54 Å². The molecule has 18 heavy (non-hydrogen) atoms. The van der Waals surface area contributed by atoms with Crippen LogP contribution in [0.4, 0.5) is 5.82 Å². The third-order valence-electron chi connectivity index (χ3n) is 3.27. The summed E-state index contributed by atoms with van der Waals surface area (Å²) in [5, 5.41) is 3.24. The van der Waals surface area contributed by atoms with E-state index in [1.54, 1.807) is 0 Å². The van der Waals surface area contributed by atoms with Crippen LogP contribution in [0.5, 0.6) is 0 Å². The Morgan fingerprint density at radius 3 is 2.61 bits per heavy atom. The molecule has 0 aliphatic rings. The molecule has 1 rings (SSSR count). The van der Waals surface area contributed by atoms with Gasteiger partial charge in [0.2, 0.25) is 0 Å². The summed E-state index contributed by atoms with van der Waals surface area (Å²) in [4.78, 5) is 7.01. The summed E-state index contributed by atoms with van der Waals surface area (Å²) in [7, 11) is 4.14. The Bertz CT molecular complexity index is 374. The minimum atomic E-state index is 0.882. The molecule has 1 heterocycles. The van der Waals surface area contributed by atoms with Crippen molar-refractivity contribution in [2.75, 3.05) is 25.5 Å². The highest BCUT2D eigenvalue weighted by Crippen LogP contribution is 2.22. The zero-order valence-corrected chi connectivity index (χ0v) is 12.5. The zero-order chi connectivity index (χ0) is 13.5. The molecule has 1 aromatic rings. The van der Waals surface area contributed by atoms with Crippen LogP contribution in [0.25, 0.3) is 0 Å². The molecule has 1 aromatic heterocycles. The van der Waals surface area contributed by atoms with Crippen LogP contribution in [-0.4, -0.2) is 25.6 Å². The van der Waals surface area contributed by atoms with Gasteiger partial charge in [-0.3, -0.25) is 0 Å². The monoisotopic (exact) mass is 249 g/mol. The summed E-state index contributed by atoms with van der Waals surface area (Å²) in [5.41, 5.74) is 3.75. The lowest BCUT2D eigenvalue weighted by Gasteiger charge is -2.23. The van der Waals surface area contributed by atoms with Crippen molar-refractivity contribution >= 4 is 5.82 Å². The predicted octanol–water partition coefficient (Wildman–Crippen LogP) is 3.04. The molecule has 0 amide bonds. The normalized spacial score (nSPS) is 10.7. The summed E-state index contributed by atoms with van der Waals surface area (Å²) >= 11 is 0. The number of rotatable bonds is 7. The van der Waals surface area contributed by atoms with E-state index in [1.807, 2.05) is 7.05 Å². The van der Waals surface area contributed by atoms with Crippen LogP contribution < -0.4 is 10.2 Å². The summed E-state index contributed by atoms with van der Waals surface area (Å²) < 4.78 is 0. The van der Waals surface area contributed by atoms with E-state index in [-0.39, 0.29) is 0 Å². The molecule has 0 saturated carbocycles. The third kappa shape index (κ3) is 3.98. The van der Waals surface area contributed by atoms with Crippen LogP contribution in [0, 0.1) is 13.8 Å². The van der Waals surface area contributed by atoms with E-state index in [0.29, 0.717) is 0 Å². The lowest BCUT2D eigenvalue weighted by atomic mass is 10.1. The van der Waals surface area contributed by atoms with Gasteiger partial charge in [0.05, 0.1) is 0 Å². The summed E-state index contributed by atoms with van der Waals surface area (Å²) in [5.74, 6) is 1.14. The van der Waals surface area contributed by atoms with E-state index in [2.05, 4.69) is 44.1 Å². The Kier molecular flexibility index (Phi) is 6.13. The van der Waals surface area contributed by atoms with Gasteiger partial charge in [0.25, 0.3) is 0 Å². The maximum atomic E-state index is 4.72. The number of hydrogen-bond acceptors (Lipinski definition) is 3. The van der Waals surface area contributed by atoms with Crippen molar-refractivity contribution in [1.29, 1.82) is 0 Å². The van der Waals surface area contributed by atoms with Crippen molar-refractivity contribution in [2.45, 2.75) is 46.6 Å². The van der Waals surface area contributed by atoms with Gasteiger partial charge in [0.15, 0.2) is 0 Å². The summed E-state index contributed by atoms with van der Waals surface area (Å²) in [6.07, 6.45) is 3.79. The predicted molar refractivity (Wildman–Crippen MR) is 79.3 cm³/mol. The van der Waals surface area contributed by atoms with E-state index in [9.17, 15) is 0 Å². The Morgan fingerprint density at radius 1 is 1.28 bits per heavy atom. The van der Waals surface area contributed by atoms with Crippen LogP contribution in [0.1, 0.15) is 43.0 Å². The number of hydrogen-bond donors (Lipinski definition) is 1. The third-order valence-corrected chi connectivity index (χ3v) is 3.27. The molecule has 3 heteroatoms. The molecule has 0 aliphatic carbocycles. The second kappa shape index (κ2) is 7.37. The van der Waals surface area contributed by atoms with E-state index < -0.39 is 0 Å². The van der Waals surface area contributed by atoms with Gasteiger partial charge >= 0.3 is 0 Å². The van der Waals surface area contributed by atoms with Crippen molar-refractivity contribution in [3.8, 4) is 0 Å². The Labute approximate surface area is 112 Å². The SMILES string of the molecule is CCCCCN(C)c1nc(C)cc(C)c1CNC. The largest absolute Gasteiger partial charge is 0.359 e. The average molecular weight is 249 g/mol. The number of unbranched alkanes of at least 4 members (excludes halogenated alkanes) is 2. The first-order valence-electron chi connectivity index (χ1n) is 6.93. The van der Waals surface area contributed by atoms with Crippen molar-refractivity contribution in [3.05, 3.63) is 22.9 Å². The maximum absolute atomic E-state index is 4.72. The molecule has 0 bridgehead atoms. The molecule has 0 unspecified atom stereocenters. The van der Waals surface area contributed by atoms with Gasteiger partial charge in [-0.1, -0.05) is 19.8 Å². The molecule has 0 saturated heterocycles. The van der Waals surface area contributed by atoms with Gasteiger partial charge in [0, 0.05) is 31.4 Å². The zero-order valence-electron chi connectivity index (χ0n) is 12.5. The summed E-state index contributed by atoms with van der Waals surface area (Å²) in [6.45, 7) is 8.44. The van der Waals surface area contributed by atoms with Crippen molar-refractivity contribution in [2.24, 2.45) is 0 Å². The first-order chi connectivity index (χ1) is 8.60. The van der Waals surface area contributed by atoms with E-state index in [1.165, 1.54) is 30.4 Å². The van der Waals surface area contributed by atoms with Crippen molar-refractivity contribution in [1.82, 2.24) is 10.3 Å². The van der Waals surface area contributed by atoms with Gasteiger partial charge in [-0.25, -0.2) is 4.98 Å². The van der Waals surface area contributed by atoms with Gasteiger partial charge in [-0.15, -0.1) is 0 Å². The first-order valence-corrected chi connectivity index (χ1v) is 6.93. The number of pyridine rings is 1. The minimum Gasteiger partial charge on any atom is -0.359 e. The minimum absolute atomic E-state index is 0.882. The van der Waals surface area contributed by atoms with Gasteiger partial charge in [-0.2, -0.15) is 0 Å². The molecular formula is C15H27N3. The van der Waals surface area contributed by atoms with E-state index in [0.717, 1.165) is 24.6 Å². The van der Waals surface area contributed by atoms with Crippen LogP contribution in [0.3, 0.4) is 0 Å². The quantitative estimate of drug-likeness (QED) is 0.753. The molecule has 0 fully saturated rings. The average Bonchev–Trinajstić information content (AvgIpc) is 2.32. The Morgan fingerprint density at radius 2 is 2.00 bits per heavy atom. The second-order valence-corrected chi connectivity index (χ2v) is 5.04. The number of nitrogens with one attached hydrogen (secondary N) is 1. The Hall–Kier alpha value is -1.09. The van der Waals surface area contributed by atoms with Crippen molar-refractivity contribution in [3.63, 3.8) is 0 Å². The van der Waals surface area contributed by atoms with E-state index >= 15 is 0 Å². The van der Waals surface area contributed by atoms with E-state index in [4.69, 9.17) is 4.98 Å². The van der Waals surface area contributed by atoms with Crippen molar-refractivity contribution < 1.29 is 0 Å². The van der Waals surface area contributed by atoms with Crippen LogP contribution in [0.15, 0.2) is 6.07 Å². The number of nitrogens with zero attached hydrogens (tertiary/aromatic N) is 2. The molecule has 0 radical (unpaired) electrons. The lowest BCUT2D eigenvalue weighted by molar-refractivity contribution is 0.695. The highest BCUT2D eigenvalue weighted by Gasteiger charge is 2.11. The highest BCUT2D eigenvalue weighted by atomic mass is 15.2. The number of aryl methyl sites for hydroxylation is 2. The van der Waals surface area contributed by atoms with Crippen LogP contribution >= 0.6 is 0 Å². The number of anilines is 1. The molecule has 0 spiro atoms. The fourth-order valence-electron chi connectivity index (χ4n) is 2.26. The first kappa shape index (κ1) is 15.0. The van der Waals surface area contributed by atoms with Gasteiger partial charge in [-0.05, 0) is 38.9 Å². The fraction of sp³-hybridized carbons (Fsp3) is 0.667. The van der Waals surface area contributed by atoms with Gasteiger partial charge in [0.1, 0.15) is 5.82 Å². The smallest absolute Gasteiger partial charge is 0.133 e. The standard InChI is InChI=1S/C15H27N3/c1-6-7-8-9-18(5)15-14(11-16-4)12(2)10-13(3)17-15/h10,16H,6-9,11H2,1-5H3. The highest BCUT2D eigenvalue weighted by molar-refractivity contribution is 5.51. The molecule has 102 valence electrons. The van der Waals surface area contributed by atoms with Crippen LogP contribution in [0.2, 0.25) is 0 Å².